The number of nitrogen functional groups attached to an aromatic ring is 1. The molecule has 0 bridgehead atoms. The number of aliphatic hydroxyl groups is 4. The lowest BCUT2D eigenvalue weighted by atomic mass is 9.77. The fourth-order valence-corrected chi connectivity index (χ4v) is 4.31. The summed E-state index contributed by atoms with van der Waals surface area (Å²) in [6.07, 6.45) is 1.18. The molecule has 2 fully saturated rings. The van der Waals surface area contributed by atoms with Crippen LogP contribution in [0.2, 0.25) is 0 Å². The lowest BCUT2D eigenvalue weighted by Gasteiger charge is -2.43. The van der Waals surface area contributed by atoms with E-state index in [0.717, 1.165) is 0 Å². The molecule has 1 saturated heterocycles. The SMILES string of the molecule is Nc1ncnc2c1ncn2[C@]1(C2CCC(O)CC2)O[C@H](CO)[C@@H](O)[C@H]1O. The Labute approximate surface area is 149 Å². The van der Waals surface area contributed by atoms with Gasteiger partial charge < -0.3 is 30.9 Å². The van der Waals surface area contributed by atoms with Crippen LogP contribution in [-0.4, -0.2) is 71.0 Å². The van der Waals surface area contributed by atoms with Crippen molar-refractivity contribution in [3.8, 4) is 0 Å². The Balaban J connectivity index is 1.87. The molecule has 10 nitrogen and oxygen atoms in total. The Morgan fingerprint density at radius 2 is 1.88 bits per heavy atom. The van der Waals surface area contributed by atoms with Gasteiger partial charge in [0.25, 0.3) is 0 Å². The number of nitrogens with zero attached hydrogens (tertiary/aromatic N) is 4. The summed E-state index contributed by atoms with van der Waals surface area (Å²) in [4.78, 5) is 12.4. The third-order valence-electron chi connectivity index (χ3n) is 5.67. The van der Waals surface area contributed by atoms with Crippen LogP contribution in [0.4, 0.5) is 5.82 Å². The minimum absolute atomic E-state index is 0.203. The lowest BCUT2D eigenvalue weighted by molar-refractivity contribution is -0.191. The second-order valence-electron chi connectivity index (χ2n) is 7.08. The van der Waals surface area contributed by atoms with E-state index in [1.807, 2.05) is 0 Å². The minimum atomic E-state index is -1.36. The van der Waals surface area contributed by atoms with Crippen molar-refractivity contribution in [2.45, 2.75) is 55.8 Å². The predicted octanol–water partition coefficient (Wildman–Crippen LogP) is -1.27. The molecule has 0 spiro atoms. The van der Waals surface area contributed by atoms with Crippen LogP contribution in [0.15, 0.2) is 12.7 Å². The average Bonchev–Trinajstić information content (AvgIpc) is 3.18. The van der Waals surface area contributed by atoms with Gasteiger partial charge in [0, 0.05) is 5.92 Å². The van der Waals surface area contributed by atoms with E-state index in [1.54, 1.807) is 4.57 Å². The van der Waals surface area contributed by atoms with Gasteiger partial charge in [-0.1, -0.05) is 0 Å². The number of fused-ring (bicyclic) bond motifs is 1. The van der Waals surface area contributed by atoms with Crippen molar-refractivity contribution in [2.24, 2.45) is 5.92 Å². The molecule has 2 aliphatic rings. The highest BCUT2D eigenvalue weighted by molar-refractivity contribution is 5.81. The molecule has 0 aromatic carbocycles. The molecular formula is C16H23N5O5. The van der Waals surface area contributed by atoms with Crippen molar-refractivity contribution < 1.29 is 25.2 Å². The molecule has 4 rings (SSSR count). The number of aliphatic hydroxyl groups excluding tert-OH is 4. The van der Waals surface area contributed by atoms with Crippen LogP contribution in [0.3, 0.4) is 0 Å². The molecule has 26 heavy (non-hydrogen) atoms. The maximum Gasteiger partial charge on any atom is 0.179 e. The van der Waals surface area contributed by atoms with Crippen molar-refractivity contribution in [3.63, 3.8) is 0 Å². The number of hydrogen-bond donors (Lipinski definition) is 5. The molecule has 1 saturated carbocycles. The first-order valence-corrected chi connectivity index (χ1v) is 8.76. The Morgan fingerprint density at radius 1 is 1.15 bits per heavy atom. The molecule has 0 radical (unpaired) electrons. The first kappa shape index (κ1) is 17.6. The van der Waals surface area contributed by atoms with Gasteiger partial charge in [-0.25, -0.2) is 15.0 Å². The van der Waals surface area contributed by atoms with Crippen molar-refractivity contribution >= 4 is 17.0 Å². The Morgan fingerprint density at radius 3 is 2.54 bits per heavy atom. The average molecular weight is 365 g/mol. The van der Waals surface area contributed by atoms with Crippen molar-refractivity contribution in [1.29, 1.82) is 0 Å². The van der Waals surface area contributed by atoms with Crippen LogP contribution in [0.5, 0.6) is 0 Å². The molecule has 0 unspecified atom stereocenters. The van der Waals surface area contributed by atoms with Gasteiger partial charge in [-0.2, -0.15) is 0 Å². The van der Waals surface area contributed by atoms with Gasteiger partial charge in [0.2, 0.25) is 0 Å². The fourth-order valence-electron chi connectivity index (χ4n) is 4.31. The Kier molecular flexibility index (Phi) is 4.32. The number of imidazole rings is 1. The molecule has 3 heterocycles. The summed E-state index contributed by atoms with van der Waals surface area (Å²) < 4.78 is 7.67. The van der Waals surface area contributed by atoms with E-state index in [0.29, 0.717) is 36.8 Å². The van der Waals surface area contributed by atoms with Gasteiger partial charge in [0.1, 0.15) is 30.2 Å². The standard InChI is InChI=1S/C16H23N5O5/c17-14-11-15(19-6-18-14)21(7-20-11)16(8-1-3-9(23)4-2-8)13(25)12(24)10(5-22)26-16/h6-10,12-13,22-25H,1-5H2,(H2,17,18,19)/t8?,9?,10-,12-,13-,16-/m1/s1. The van der Waals surface area contributed by atoms with E-state index < -0.39 is 36.7 Å². The molecule has 1 aliphatic heterocycles. The molecule has 10 heteroatoms. The van der Waals surface area contributed by atoms with Gasteiger partial charge >= 0.3 is 0 Å². The van der Waals surface area contributed by atoms with E-state index in [-0.39, 0.29) is 11.7 Å². The quantitative estimate of drug-likeness (QED) is 0.446. The van der Waals surface area contributed by atoms with E-state index >= 15 is 0 Å². The summed E-state index contributed by atoms with van der Waals surface area (Å²) in [6.45, 7) is -0.431. The highest BCUT2D eigenvalue weighted by Crippen LogP contribution is 2.48. The minimum Gasteiger partial charge on any atom is -0.394 e. The maximum absolute atomic E-state index is 11.0. The maximum atomic E-state index is 11.0. The molecule has 142 valence electrons. The van der Waals surface area contributed by atoms with E-state index in [9.17, 15) is 20.4 Å². The summed E-state index contributed by atoms with van der Waals surface area (Å²) in [6, 6.07) is 0. The normalized spacial score (nSPS) is 38.1. The first-order chi connectivity index (χ1) is 12.5. The number of nitrogens with two attached hydrogens (primary N) is 1. The van der Waals surface area contributed by atoms with Gasteiger partial charge in [-0.3, -0.25) is 4.57 Å². The monoisotopic (exact) mass is 365 g/mol. The van der Waals surface area contributed by atoms with Crippen LogP contribution in [0, 0.1) is 5.92 Å². The molecule has 4 atom stereocenters. The Hall–Kier alpha value is -1.85. The zero-order valence-electron chi connectivity index (χ0n) is 14.1. The number of anilines is 1. The zero-order chi connectivity index (χ0) is 18.5. The van der Waals surface area contributed by atoms with E-state index in [1.165, 1.54) is 12.7 Å². The Bertz CT molecular complexity index is 792. The van der Waals surface area contributed by atoms with Crippen LogP contribution in [-0.2, 0) is 10.5 Å². The van der Waals surface area contributed by atoms with Gasteiger partial charge in [-0.05, 0) is 25.7 Å². The van der Waals surface area contributed by atoms with Crippen molar-refractivity contribution in [2.75, 3.05) is 12.3 Å². The fraction of sp³-hybridized carbons (Fsp3) is 0.688. The third-order valence-corrected chi connectivity index (χ3v) is 5.67. The molecule has 1 aliphatic carbocycles. The molecule has 2 aromatic heterocycles. The van der Waals surface area contributed by atoms with Gasteiger partial charge in [0.15, 0.2) is 17.2 Å². The summed E-state index contributed by atoms with van der Waals surface area (Å²) in [5.74, 6) is -0.00426. The number of ether oxygens (including phenoxy) is 1. The van der Waals surface area contributed by atoms with Gasteiger partial charge in [-0.15, -0.1) is 0 Å². The molecule has 2 aromatic rings. The molecular weight excluding hydrogens is 342 g/mol. The highest BCUT2D eigenvalue weighted by atomic mass is 16.6. The second-order valence-corrected chi connectivity index (χ2v) is 7.08. The summed E-state index contributed by atoms with van der Waals surface area (Å²) in [7, 11) is 0. The smallest absolute Gasteiger partial charge is 0.179 e. The number of aromatic nitrogens is 4. The second kappa shape index (κ2) is 6.39. The van der Waals surface area contributed by atoms with Crippen molar-refractivity contribution in [1.82, 2.24) is 19.5 Å². The molecule has 6 N–H and O–H groups in total. The lowest BCUT2D eigenvalue weighted by Crippen LogP contribution is -2.52. The number of rotatable bonds is 3. The zero-order valence-corrected chi connectivity index (χ0v) is 14.1. The summed E-state index contributed by atoms with van der Waals surface area (Å²) in [5.41, 5.74) is 5.27. The van der Waals surface area contributed by atoms with E-state index in [4.69, 9.17) is 10.5 Å². The van der Waals surface area contributed by atoms with Crippen LogP contribution < -0.4 is 5.73 Å². The van der Waals surface area contributed by atoms with Crippen LogP contribution >= 0.6 is 0 Å². The predicted molar refractivity (Wildman–Crippen MR) is 89.6 cm³/mol. The molecule has 0 amide bonds. The largest absolute Gasteiger partial charge is 0.394 e. The van der Waals surface area contributed by atoms with Gasteiger partial charge in [0.05, 0.1) is 19.0 Å². The van der Waals surface area contributed by atoms with E-state index in [2.05, 4.69) is 15.0 Å². The first-order valence-electron chi connectivity index (χ1n) is 8.76. The highest BCUT2D eigenvalue weighted by Gasteiger charge is 2.60. The summed E-state index contributed by atoms with van der Waals surface area (Å²) >= 11 is 0. The summed E-state index contributed by atoms with van der Waals surface area (Å²) in [5, 5.41) is 40.8. The third kappa shape index (κ3) is 2.41. The van der Waals surface area contributed by atoms with Crippen LogP contribution in [0.25, 0.3) is 11.2 Å². The van der Waals surface area contributed by atoms with Crippen LogP contribution in [0.1, 0.15) is 25.7 Å². The number of hydrogen-bond acceptors (Lipinski definition) is 9. The topological polar surface area (TPSA) is 160 Å². The van der Waals surface area contributed by atoms with Crippen molar-refractivity contribution in [3.05, 3.63) is 12.7 Å².